The van der Waals surface area contributed by atoms with E-state index in [1.807, 2.05) is 31.0 Å². The summed E-state index contributed by atoms with van der Waals surface area (Å²) in [5, 5.41) is 10.3. The van der Waals surface area contributed by atoms with E-state index >= 15 is 0 Å². The number of carboxylic acids is 1. The average Bonchev–Trinajstić information content (AvgIpc) is 2.86. The largest absolute Gasteiger partial charge is 0.478 e. The van der Waals surface area contributed by atoms with Gasteiger partial charge in [0.05, 0.1) is 16.2 Å². The second-order valence-electron chi connectivity index (χ2n) is 8.31. The monoisotopic (exact) mass is 513 g/mol. The zero-order valence-corrected chi connectivity index (χ0v) is 21.3. The fourth-order valence-corrected chi connectivity index (χ4v) is 5.44. The summed E-state index contributed by atoms with van der Waals surface area (Å²) in [7, 11) is -1.88. The van der Waals surface area contributed by atoms with Crippen LogP contribution >= 0.6 is 11.6 Å². The minimum Gasteiger partial charge on any atom is -0.478 e. The van der Waals surface area contributed by atoms with Crippen LogP contribution in [0.1, 0.15) is 58.9 Å². The number of unbranched alkanes of at least 4 members (excludes halogenated alkanes) is 3. The van der Waals surface area contributed by atoms with Crippen molar-refractivity contribution < 1.29 is 23.1 Å². The first kappa shape index (κ1) is 26.4. The molecule has 6 nitrogen and oxygen atoms in total. The van der Waals surface area contributed by atoms with Crippen molar-refractivity contribution >= 4 is 44.6 Å². The van der Waals surface area contributed by atoms with E-state index in [2.05, 4.69) is 0 Å². The van der Waals surface area contributed by atoms with Gasteiger partial charge >= 0.3 is 5.97 Å². The number of aromatic carboxylic acids is 1. The van der Waals surface area contributed by atoms with Gasteiger partial charge in [-0.25, -0.2) is 13.2 Å². The first-order valence-corrected chi connectivity index (χ1v) is 13.4. The second-order valence-corrected chi connectivity index (χ2v) is 10.8. The summed E-state index contributed by atoms with van der Waals surface area (Å²) in [6, 6.07) is 18.0. The van der Waals surface area contributed by atoms with Gasteiger partial charge in [-0.15, -0.1) is 0 Å². The number of hydrogen-bond acceptors (Lipinski definition) is 5. The highest BCUT2D eigenvalue weighted by Gasteiger charge is 2.24. The summed E-state index contributed by atoms with van der Waals surface area (Å²) < 4.78 is 25.5. The minimum absolute atomic E-state index is 0.117. The normalized spacial score (nSPS) is 11.3. The maximum atomic E-state index is 13.0. The van der Waals surface area contributed by atoms with Gasteiger partial charge in [0.15, 0.2) is 15.6 Å². The number of ketones is 1. The number of benzene rings is 3. The first-order valence-electron chi connectivity index (χ1n) is 11.4. The van der Waals surface area contributed by atoms with Crippen LogP contribution in [0.4, 0.5) is 11.4 Å². The fraction of sp³-hybridized carbons (Fsp3) is 0.259. The Morgan fingerprint density at radius 3 is 2.00 bits per heavy atom. The Morgan fingerprint density at radius 2 is 1.43 bits per heavy atom. The number of carbonyl (C=O) groups is 2. The maximum Gasteiger partial charge on any atom is 0.337 e. The summed E-state index contributed by atoms with van der Waals surface area (Å²) >= 11 is 5.95. The summed E-state index contributed by atoms with van der Waals surface area (Å²) in [5.74, 6) is -1.89. The molecule has 0 aromatic heterocycles. The van der Waals surface area contributed by atoms with E-state index < -0.39 is 15.8 Å². The van der Waals surface area contributed by atoms with Gasteiger partial charge in [-0.1, -0.05) is 37.8 Å². The lowest BCUT2D eigenvalue weighted by atomic mass is 10.0. The Bertz CT molecular complexity index is 1300. The molecule has 0 radical (unpaired) electrons. The molecule has 3 aromatic carbocycles. The highest BCUT2D eigenvalue weighted by atomic mass is 35.5. The van der Waals surface area contributed by atoms with E-state index in [9.17, 15) is 23.1 Å². The molecule has 0 heterocycles. The molecule has 0 aliphatic carbocycles. The number of rotatable bonds is 11. The van der Waals surface area contributed by atoms with Crippen LogP contribution in [0.15, 0.2) is 71.6 Å². The zero-order valence-electron chi connectivity index (χ0n) is 19.7. The summed E-state index contributed by atoms with van der Waals surface area (Å²) in [4.78, 5) is 26.6. The van der Waals surface area contributed by atoms with Gasteiger partial charge in [-0.2, -0.15) is 0 Å². The Labute approximate surface area is 211 Å². The number of hydrogen-bond donors (Lipinski definition) is 1. The summed E-state index contributed by atoms with van der Waals surface area (Å²) in [6.45, 7) is 2.03. The Balaban J connectivity index is 1.83. The van der Waals surface area contributed by atoms with Crippen LogP contribution in [0.2, 0.25) is 5.02 Å². The fourth-order valence-electron chi connectivity index (χ4n) is 3.76. The summed E-state index contributed by atoms with van der Waals surface area (Å²) in [6.07, 6.45) is 3.11. The lowest BCUT2D eigenvalue weighted by Crippen LogP contribution is -2.14. The molecule has 184 valence electrons. The number of carbonyl (C=O) groups excluding carboxylic acids is 1. The van der Waals surface area contributed by atoms with E-state index in [4.69, 9.17) is 11.6 Å². The molecule has 3 aromatic rings. The SMILES string of the molecule is CCCCCCS(=O)(=O)c1ccc(C(=O)c2ccc(N(C)c3ccc(Cl)cc3)cc2)cc1C(=O)O. The Morgan fingerprint density at radius 1 is 0.857 bits per heavy atom. The highest BCUT2D eigenvalue weighted by molar-refractivity contribution is 7.91. The molecular formula is C27H28ClNO5S. The summed E-state index contributed by atoms with van der Waals surface area (Å²) in [5.41, 5.74) is 1.87. The van der Waals surface area contributed by atoms with Crippen molar-refractivity contribution in [2.45, 2.75) is 37.5 Å². The van der Waals surface area contributed by atoms with Crippen LogP contribution in [-0.2, 0) is 9.84 Å². The zero-order chi connectivity index (χ0) is 25.6. The molecule has 0 fully saturated rings. The van der Waals surface area contributed by atoms with E-state index in [1.165, 1.54) is 12.1 Å². The second kappa shape index (κ2) is 11.5. The van der Waals surface area contributed by atoms with E-state index in [1.54, 1.807) is 36.4 Å². The molecular weight excluding hydrogens is 486 g/mol. The number of carboxylic acid groups (broad SMARTS) is 1. The molecule has 0 unspecified atom stereocenters. The van der Waals surface area contributed by atoms with Crippen LogP contribution in [0, 0.1) is 0 Å². The molecule has 8 heteroatoms. The van der Waals surface area contributed by atoms with Crippen molar-refractivity contribution in [1.82, 2.24) is 0 Å². The van der Waals surface area contributed by atoms with Crippen molar-refractivity contribution in [2.24, 2.45) is 0 Å². The smallest absolute Gasteiger partial charge is 0.337 e. The molecule has 0 aliphatic rings. The third kappa shape index (κ3) is 6.50. The molecule has 0 spiro atoms. The van der Waals surface area contributed by atoms with Crippen LogP contribution in [-0.4, -0.2) is 38.1 Å². The van der Waals surface area contributed by atoms with Crippen LogP contribution < -0.4 is 4.90 Å². The van der Waals surface area contributed by atoms with Gasteiger partial charge < -0.3 is 10.0 Å². The van der Waals surface area contributed by atoms with Gasteiger partial charge in [0.25, 0.3) is 0 Å². The molecule has 0 amide bonds. The molecule has 0 saturated heterocycles. The lowest BCUT2D eigenvalue weighted by Gasteiger charge is -2.19. The minimum atomic E-state index is -3.77. The van der Waals surface area contributed by atoms with Crippen molar-refractivity contribution in [3.05, 3.63) is 88.4 Å². The van der Waals surface area contributed by atoms with Gasteiger partial charge in [0, 0.05) is 34.6 Å². The van der Waals surface area contributed by atoms with Gasteiger partial charge in [-0.3, -0.25) is 4.79 Å². The van der Waals surface area contributed by atoms with Gasteiger partial charge in [0.2, 0.25) is 0 Å². The third-order valence-corrected chi connectivity index (χ3v) is 7.91. The van der Waals surface area contributed by atoms with Gasteiger partial charge in [-0.05, 0) is 73.2 Å². The van der Waals surface area contributed by atoms with Crippen LogP contribution in [0.3, 0.4) is 0 Å². The van der Waals surface area contributed by atoms with Crippen molar-refractivity contribution in [3.8, 4) is 0 Å². The molecule has 0 atom stereocenters. The standard InChI is InChI=1S/C27H28ClNO5S/c1-3-4-5-6-17-35(33,34)25-16-9-20(18-24(25)27(31)32)26(30)19-7-12-22(13-8-19)29(2)23-14-10-21(28)11-15-23/h7-16,18H,3-6,17H2,1-2H3,(H,31,32). The predicted octanol–water partition coefficient (Wildman–Crippen LogP) is 6.39. The van der Waals surface area contributed by atoms with E-state index in [0.717, 1.165) is 36.7 Å². The quantitative estimate of drug-likeness (QED) is 0.236. The molecule has 1 N–H and O–H groups in total. The van der Waals surface area contributed by atoms with Crippen molar-refractivity contribution in [1.29, 1.82) is 0 Å². The highest BCUT2D eigenvalue weighted by Crippen LogP contribution is 2.27. The third-order valence-electron chi connectivity index (χ3n) is 5.80. The predicted molar refractivity (Wildman–Crippen MR) is 139 cm³/mol. The van der Waals surface area contributed by atoms with Crippen molar-refractivity contribution in [3.63, 3.8) is 0 Å². The number of anilines is 2. The van der Waals surface area contributed by atoms with Crippen molar-refractivity contribution in [2.75, 3.05) is 17.7 Å². The Hall–Kier alpha value is -3.16. The van der Waals surface area contributed by atoms with Gasteiger partial charge in [0.1, 0.15) is 0 Å². The molecule has 0 saturated carbocycles. The molecule has 0 bridgehead atoms. The Kier molecular flexibility index (Phi) is 8.70. The van der Waals surface area contributed by atoms with E-state index in [-0.39, 0.29) is 27.6 Å². The first-order chi connectivity index (χ1) is 16.6. The molecule has 35 heavy (non-hydrogen) atoms. The molecule has 0 aliphatic heterocycles. The number of nitrogens with zero attached hydrogens (tertiary/aromatic N) is 1. The van der Waals surface area contributed by atoms with Crippen LogP contribution in [0.25, 0.3) is 0 Å². The maximum absolute atomic E-state index is 13.0. The van der Waals surface area contributed by atoms with E-state index in [0.29, 0.717) is 17.0 Å². The van der Waals surface area contributed by atoms with Crippen LogP contribution in [0.5, 0.6) is 0 Å². The number of sulfone groups is 1. The number of halogens is 1. The lowest BCUT2D eigenvalue weighted by molar-refractivity contribution is 0.0692. The topological polar surface area (TPSA) is 91.8 Å². The average molecular weight is 514 g/mol. The molecule has 3 rings (SSSR count).